The van der Waals surface area contributed by atoms with Gasteiger partial charge in [-0.15, -0.1) is 20.4 Å². The van der Waals surface area contributed by atoms with Crippen LogP contribution < -0.4 is 0 Å². The SMILES string of the molecule is CC1=Nn2c(SCCCSc3nnc4n3N=C(C)CS4)nnc2SC1. The van der Waals surface area contributed by atoms with Crippen LogP contribution in [0.3, 0.4) is 0 Å². The molecule has 0 radical (unpaired) electrons. The van der Waals surface area contributed by atoms with E-state index in [1.54, 1.807) is 47.0 Å². The second kappa shape index (κ2) is 7.72. The number of aromatic nitrogens is 6. The lowest BCUT2D eigenvalue weighted by atomic mass is 10.5. The Labute approximate surface area is 162 Å². The van der Waals surface area contributed by atoms with Gasteiger partial charge in [-0.1, -0.05) is 47.0 Å². The van der Waals surface area contributed by atoms with Crippen molar-refractivity contribution in [2.24, 2.45) is 10.2 Å². The highest BCUT2D eigenvalue weighted by Gasteiger charge is 2.18. The molecule has 12 heteroatoms. The van der Waals surface area contributed by atoms with Crippen LogP contribution in [0.1, 0.15) is 20.3 Å². The van der Waals surface area contributed by atoms with Gasteiger partial charge in [-0.05, 0) is 20.3 Å². The molecule has 2 aliphatic rings. The van der Waals surface area contributed by atoms with Gasteiger partial charge in [0.05, 0.1) is 0 Å². The van der Waals surface area contributed by atoms with Gasteiger partial charge in [-0.25, -0.2) is 0 Å². The van der Waals surface area contributed by atoms with Crippen molar-refractivity contribution < 1.29 is 0 Å². The van der Waals surface area contributed by atoms with Crippen LogP contribution in [-0.4, -0.2) is 64.2 Å². The predicted octanol–water partition coefficient (Wildman–Crippen LogP) is 2.80. The molecule has 0 unspecified atom stereocenters. The first-order valence-electron chi connectivity index (χ1n) is 7.71. The van der Waals surface area contributed by atoms with E-state index in [1.807, 2.05) is 23.2 Å². The lowest BCUT2D eigenvalue weighted by Crippen LogP contribution is -2.09. The zero-order valence-electron chi connectivity index (χ0n) is 13.7. The first-order chi connectivity index (χ1) is 12.2. The van der Waals surface area contributed by atoms with Crippen LogP contribution >= 0.6 is 47.0 Å². The van der Waals surface area contributed by atoms with E-state index in [0.29, 0.717) is 0 Å². The van der Waals surface area contributed by atoms with E-state index in [1.165, 1.54) is 0 Å². The van der Waals surface area contributed by atoms with Gasteiger partial charge in [0.25, 0.3) is 0 Å². The zero-order valence-corrected chi connectivity index (χ0v) is 17.0. The number of thioether (sulfide) groups is 4. The van der Waals surface area contributed by atoms with Crippen molar-refractivity contribution in [3.05, 3.63) is 0 Å². The Kier molecular flexibility index (Phi) is 5.39. The Hall–Kier alpha value is -0.980. The topological polar surface area (TPSA) is 86.1 Å². The smallest absolute Gasteiger partial charge is 0.181 e. The molecule has 0 saturated carbocycles. The van der Waals surface area contributed by atoms with Crippen molar-refractivity contribution in [3.63, 3.8) is 0 Å². The van der Waals surface area contributed by atoms with Crippen molar-refractivity contribution in [2.75, 3.05) is 23.0 Å². The van der Waals surface area contributed by atoms with E-state index in [4.69, 9.17) is 0 Å². The third-order valence-electron chi connectivity index (χ3n) is 3.28. The minimum atomic E-state index is 0.864. The van der Waals surface area contributed by atoms with Crippen LogP contribution in [0, 0.1) is 0 Å². The molecule has 132 valence electrons. The van der Waals surface area contributed by atoms with E-state index in [-0.39, 0.29) is 0 Å². The monoisotopic (exact) mass is 412 g/mol. The van der Waals surface area contributed by atoms with Crippen molar-refractivity contribution in [3.8, 4) is 0 Å². The Balaban J connectivity index is 1.28. The molecular weight excluding hydrogens is 396 g/mol. The molecule has 0 aliphatic carbocycles. The van der Waals surface area contributed by atoms with E-state index >= 15 is 0 Å². The minimum absolute atomic E-state index is 0.864. The maximum atomic E-state index is 4.52. The molecule has 0 N–H and O–H groups in total. The molecule has 0 fully saturated rings. The summed E-state index contributed by atoms with van der Waals surface area (Å²) in [5, 5.41) is 29.4. The molecule has 2 aromatic rings. The van der Waals surface area contributed by atoms with Gasteiger partial charge in [0.2, 0.25) is 20.6 Å². The van der Waals surface area contributed by atoms with Crippen LogP contribution in [0.4, 0.5) is 0 Å². The Morgan fingerprint density at radius 2 is 1.28 bits per heavy atom. The third-order valence-corrected chi connectivity index (χ3v) is 7.44. The summed E-state index contributed by atoms with van der Waals surface area (Å²) in [6.45, 7) is 4.06. The van der Waals surface area contributed by atoms with Gasteiger partial charge >= 0.3 is 0 Å². The van der Waals surface area contributed by atoms with Gasteiger partial charge in [-0.2, -0.15) is 19.6 Å². The van der Waals surface area contributed by atoms with E-state index < -0.39 is 0 Å². The molecule has 2 aliphatic heterocycles. The fourth-order valence-corrected chi connectivity index (χ4v) is 5.58. The summed E-state index contributed by atoms with van der Waals surface area (Å²) in [5.74, 6) is 3.70. The first kappa shape index (κ1) is 17.4. The lowest BCUT2D eigenvalue weighted by Gasteiger charge is -2.10. The van der Waals surface area contributed by atoms with Crippen LogP contribution in [0.5, 0.6) is 0 Å². The zero-order chi connectivity index (χ0) is 17.2. The normalized spacial score (nSPS) is 16.2. The van der Waals surface area contributed by atoms with Crippen molar-refractivity contribution in [1.29, 1.82) is 0 Å². The third kappa shape index (κ3) is 3.91. The average Bonchev–Trinajstić information content (AvgIpc) is 3.18. The molecule has 8 nitrogen and oxygen atoms in total. The Bertz CT molecular complexity index is 771. The standard InChI is InChI=1S/C13H16N8S4/c1-8-6-24-12-16-14-10(20(12)18-8)22-4-3-5-23-11-15-17-13-21(11)19-9(2)7-25-13/h3-7H2,1-2H3. The first-order valence-corrected chi connectivity index (χ1v) is 11.7. The van der Waals surface area contributed by atoms with Gasteiger partial charge in [-0.3, -0.25) is 0 Å². The van der Waals surface area contributed by atoms with Crippen LogP contribution in [0.15, 0.2) is 30.8 Å². The summed E-state index contributed by atoms with van der Waals surface area (Å²) in [6, 6.07) is 0. The molecule has 25 heavy (non-hydrogen) atoms. The van der Waals surface area contributed by atoms with Gasteiger partial charge in [0, 0.05) is 34.4 Å². The number of fused-ring (bicyclic) bond motifs is 2. The minimum Gasteiger partial charge on any atom is -0.181 e. The summed E-state index contributed by atoms with van der Waals surface area (Å²) >= 11 is 6.75. The van der Waals surface area contributed by atoms with Crippen molar-refractivity contribution >= 4 is 58.5 Å². The van der Waals surface area contributed by atoms with Gasteiger partial charge in [0.15, 0.2) is 0 Å². The maximum Gasteiger partial charge on any atom is 0.213 e. The molecule has 0 spiro atoms. The second-order valence-corrected chi connectivity index (χ2v) is 9.46. The summed E-state index contributed by atoms with van der Waals surface area (Å²) in [7, 11) is 0. The highest BCUT2D eigenvalue weighted by atomic mass is 32.2. The predicted molar refractivity (Wildman–Crippen MR) is 105 cm³/mol. The Morgan fingerprint density at radius 3 is 1.76 bits per heavy atom. The summed E-state index contributed by atoms with van der Waals surface area (Å²) < 4.78 is 3.70. The van der Waals surface area contributed by atoms with Crippen LogP contribution in [0.25, 0.3) is 0 Å². The lowest BCUT2D eigenvalue weighted by molar-refractivity contribution is 0.691. The summed E-state index contributed by atoms with van der Waals surface area (Å²) in [5.41, 5.74) is 2.19. The van der Waals surface area contributed by atoms with Crippen LogP contribution in [0.2, 0.25) is 0 Å². The van der Waals surface area contributed by atoms with E-state index in [0.717, 1.165) is 61.5 Å². The number of nitrogens with zero attached hydrogens (tertiary/aromatic N) is 8. The van der Waals surface area contributed by atoms with E-state index in [9.17, 15) is 0 Å². The maximum absolute atomic E-state index is 4.52. The fraction of sp³-hybridized carbons (Fsp3) is 0.538. The quantitative estimate of drug-likeness (QED) is 0.529. The van der Waals surface area contributed by atoms with E-state index in [2.05, 4.69) is 30.6 Å². The molecule has 0 aromatic carbocycles. The summed E-state index contributed by atoms with van der Waals surface area (Å²) in [4.78, 5) is 0. The number of hydrogen-bond donors (Lipinski definition) is 0. The highest BCUT2D eigenvalue weighted by Crippen LogP contribution is 2.29. The van der Waals surface area contributed by atoms with Crippen molar-refractivity contribution in [2.45, 2.75) is 40.9 Å². The van der Waals surface area contributed by atoms with Crippen LogP contribution in [-0.2, 0) is 0 Å². The van der Waals surface area contributed by atoms with Gasteiger partial charge in [0.1, 0.15) is 0 Å². The molecule has 0 saturated heterocycles. The molecule has 2 aromatic heterocycles. The fourth-order valence-electron chi connectivity index (χ4n) is 2.16. The van der Waals surface area contributed by atoms with Crippen molar-refractivity contribution in [1.82, 2.24) is 29.7 Å². The highest BCUT2D eigenvalue weighted by molar-refractivity contribution is 8.01. The average molecular weight is 413 g/mol. The number of hydrogen-bond acceptors (Lipinski definition) is 10. The molecule has 4 rings (SSSR count). The molecule has 0 amide bonds. The second-order valence-electron chi connectivity index (χ2n) is 5.45. The molecule has 4 heterocycles. The molecular formula is C13H16N8S4. The summed E-state index contributed by atoms with van der Waals surface area (Å²) in [6.07, 6.45) is 1.03. The van der Waals surface area contributed by atoms with Gasteiger partial charge < -0.3 is 0 Å². The molecule has 0 atom stereocenters. The number of rotatable bonds is 6. The molecule has 0 bridgehead atoms. The Morgan fingerprint density at radius 1 is 0.800 bits per heavy atom. The largest absolute Gasteiger partial charge is 0.213 e.